The van der Waals surface area contributed by atoms with Gasteiger partial charge in [-0.05, 0) is 31.9 Å². The topological polar surface area (TPSA) is 119 Å². The molecule has 0 radical (unpaired) electrons. The van der Waals surface area contributed by atoms with E-state index in [0.717, 1.165) is 35.2 Å². The Labute approximate surface area is 139 Å². The summed E-state index contributed by atoms with van der Waals surface area (Å²) in [7, 11) is -2.63. The monoisotopic (exact) mass is 347 g/mol. The normalized spacial score (nSPS) is 23.4. The van der Waals surface area contributed by atoms with Crippen LogP contribution in [-0.4, -0.2) is 49.0 Å². The van der Waals surface area contributed by atoms with Gasteiger partial charge in [-0.3, -0.25) is 0 Å². The van der Waals surface area contributed by atoms with Crippen LogP contribution in [-0.2, 0) is 10.0 Å². The summed E-state index contributed by atoms with van der Waals surface area (Å²) in [5.41, 5.74) is 3.25. The Balaban J connectivity index is 1.62. The molecule has 3 heterocycles. The summed E-state index contributed by atoms with van der Waals surface area (Å²) >= 11 is 0. The molecular formula is C14H18BN5O3S. The van der Waals surface area contributed by atoms with Crippen LogP contribution in [0.25, 0.3) is 11.0 Å². The van der Waals surface area contributed by atoms with Gasteiger partial charge in [0.25, 0.3) is 0 Å². The first-order chi connectivity index (χ1) is 11.5. The molecular weight excluding hydrogens is 329 g/mol. The molecule has 1 saturated carbocycles. The molecule has 0 aromatic carbocycles. The van der Waals surface area contributed by atoms with Crippen LogP contribution in [0.1, 0.15) is 18.4 Å². The van der Waals surface area contributed by atoms with Crippen LogP contribution in [0.4, 0.5) is 0 Å². The molecule has 126 valence electrons. The van der Waals surface area contributed by atoms with E-state index in [-0.39, 0.29) is 17.6 Å². The van der Waals surface area contributed by atoms with Crippen LogP contribution in [0.5, 0.6) is 0 Å². The Bertz CT molecular complexity index is 920. The van der Waals surface area contributed by atoms with Crippen LogP contribution in [0.2, 0.25) is 0 Å². The molecule has 10 heteroatoms. The second-order valence-corrected chi connectivity index (χ2v) is 8.35. The minimum absolute atomic E-state index is 0.133. The lowest BCUT2D eigenvalue weighted by Gasteiger charge is -2.37. The molecule has 4 rings (SSSR count). The SMILES string of the molecule is CNS(=O)(=O)C[C@H]1C[C@H](C2=NNB(O)c3cnc4[nH]ccc4c32)C1. The van der Waals surface area contributed by atoms with Gasteiger partial charge in [0.05, 0.1) is 11.5 Å². The van der Waals surface area contributed by atoms with E-state index in [1.165, 1.54) is 7.05 Å². The van der Waals surface area contributed by atoms with Crippen LogP contribution < -0.4 is 15.5 Å². The van der Waals surface area contributed by atoms with Gasteiger partial charge >= 0.3 is 7.05 Å². The molecule has 2 aliphatic rings. The Morgan fingerprint density at radius 3 is 3.00 bits per heavy atom. The molecule has 1 aliphatic carbocycles. The molecule has 2 aromatic rings. The van der Waals surface area contributed by atoms with Crippen molar-refractivity contribution in [2.24, 2.45) is 16.9 Å². The lowest BCUT2D eigenvalue weighted by Crippen LogP contribution is -2.51. The van der Waals surface area contributed by atoms with Crippen molar-refractivity contribution in [1.29, 1.82) is 0 Å². The highest BCUT2D eigenvalue weighted by Crippen LogP contribution is 2.38. The van der Waals surface area contributed by atoms with Crippen molar-refractivity contribution in [2.45, 2.75) is 12.8 Å². The Morgan fingerprint density at radius 1 is 1.46 bits per heavy atom. The van der Waals surface area contributed by atoms with E-state index < -0.39 is 17.1 Å². The number of hydrogen-bond donors (Lipinski definition) is 4. The maximum atomic E-state index is 11.7. The summed E-state index contributed by atoms with van der Waals surface area (Å²) in [5.74, 6) is 0.460. The van der Waals surface area contributed by atoms with Crippen molar-refractivity contribution in [1.82, 2.24) is 20.0 Å². The Hall–Kier alpha value is -1.91. The Kier molecular flexibility index (Phi) is 3.63. The first-order valence-electron chi connectivity index (χ1n) is 7.87. The van der Waals surface area contributed by atoms with Crippen molar-refractivity contribution in [3.63, 3.8) is 0 Å². The second kappa shape index (κ2) is 5.57. The summed E-state index contributed by atoms with van der Waals surface area (Å²) < 4.78 is 25.7. The predicted molar refractivity (Wildman–Crippen MR) is 92.4 cm³/mol. The third-order valence-corrected chi connectivity index (χ3v) is 6.39. The highest BCUT2D eigenvalue weighted by Gasteiger charge is 2.39. The molecule has 4 N–H and O–H groups in total. The lowest BCUT2D eigenvalue weighted by atomic mass is 9.65. The number of aromatic amines is 1. The van der Waals surface area contributed by atoms with Crippen molar-refractivity contribution in [2.75, 3.05) is 12.8 Å². The molecule has 8 nitrogen and oxygen atoms in total. The zero-order chi connectivity index (χ0) is 16.9. The van der Waals surface area contributed by atoms with E-state index in [0.29, 0.717) is 5.46 Å². The summed E-state index contributed by atoms with van der Waals surface area (Å²) in [5, 5.41) is 18.2. The molecule has 0 amide bonds. The number of H-pyrrole nitrogens is 1. The number of hydrazone groups is 1. The second-order valence-electron chi connectivity index (χ2n) is 6.38. The lowest BCUT2D eigenvalue weighted by molar-refractivity contribution is 0.282. The maximum absolute atomic E-state index is 11.7. The van der Waals surface area contributed by atoms with E-state index in [1.54, 1.807) is 6.20 Å². The van der Waals surface area contributed by atoms with Crippen LogP contribution in [0, 0.1) is 11.8 Å². The average Bonchev–Trinajstić information content (AvgIpc) is 3.00. The number of rotatable bonds is 4. The molecule has 0 spiro atoms. The minimum Gasteiger partial charge on any atom is -0.428 e. The van der Waals surface area contributed by atoms with Crippen LogP contribution in [0.15, 0.2) is 23.6 Å². The van der Waals surface area contributed by atoms with Gasteiger partial charge in [-0.2, -0.15) is 5.10 Å². The molecule has 0 unspecified atom stereocenters. The van der Waals surface area contributed by atoms with Crippen molar-refractivity contribution >= 4 is 39.3 Å². The van der Waals surface area contributed by atoms with Gasteiger partial charge < -0.3 is 15.3 Å². The number of nitrogens with one attached hydrogen (secondary N) is 3. The third-order valence-electron chi connectivity index (χ3n) is 4.86. The van der Waals surface area contributed by atoms with Crippen LogP contribution in [0.3, 0.4) is 0 Å². The number of hydrogen-bond acceptors (Lipinski definition) is 6. The standard InChI is InChI=1S/C14H18BN5O3S/c1-16-24(22,23)7-8-4-9(5-8)13-12-10-2-3-17-14(10)18-6-11(12)15(21)20-19-13/h2-3,6,8-9,16,20-21H,4-5,7H2,1H3,(H,17,18)/t8-,9-. The molecule has 0 saturated heterocycles. The van der Waals surface area contributed by atoms with Crippen molar-refractivity contribution in [3.8, 4) is 0 Å². The van der Waals surface area contributed by atoms with E-state index in [2.05, 4.69) is 25.1 Å². The first kappa shape index (κ1) is 15.6. The molecule has 2 aromatic heterocycles. The minimum atomic E-state index is -3.19. The van der Waals surface area contributed by atoms with E-state index >= 15 is 0 Å². The number of fused-ring (bicyclic) bond motifs is 3. The van der Waals surface area contributed by atoms with Crippen molar-refractivity contribution < 1.29 is 13.4 Å². The van der Waals surface area contributed by atoms with Gasteiger partial charge in [-0.15, -0.1) is 0 Å². The maximum Gasteiger partial charge on any atom is 0.465 e. The number of nitrogens with zero attached hydrogens (tertiary/aromatic N) is 2. The number of aromatic nitrogens is 2. The van der Waals surface area contributed by atoms with Gasteiger partial charge in [0.15, 0.2) is 0 Å². The van der Waals surface area contributed by atoms with Gasteiger partial charge in [-0.1, -0.05) is 0 Å². The highest BCUT2D eigenvalue weighted by atomic mass is 32.2. The molecule has 24 heavy (non-hydrogen) atoms. The zero-order valence-corrected chi connectivity index (χ0v) is 14.0. The number of pyridine rings is 1. The fraction of sp³-hybridized carbons (Fsp3) is 0.429. The Morgan fingerprint density at radius 2 is 2.25 bits per heavy atom. The fourth-order valence-electron chi connectivity index (χ4n) is 3.56. The summed E-state index contributed by atoms with van der Waals surface area (Å²) in [6.07, 6.45) is 5.01. The molecule has 0 atom stereocenters. The summed E-state index contributed by atoms with van der Waals surface area (Å²) in [6, 6.07) is 1.93. The van der Waals surface area contributed by atoms with E-state index in [9.17, 15) is 13.4 Å². The van der Waals surface area contributed by atoms with Crippen molar-refractivity contribution in [3.05, 3.63) is 24.0 Å². The van der Waals surface area contributed by atoms with Gasteiger partial charge in [0.1, 0.15) is 5.65 Å². The first-order valence-corrected chi connectivity index (χ1v) is 9.52. The molecule has 0 bridgehead atoms. The van der Waals surface area contributed by atoms with E-state index in [4.69, 9.17) is 0 Å². The fourth-order valence-corrected chi connectivity index (χ4v) is 4.62. The quantitative estimate of drug-likeness (QED) is 0.536. The molecule has 1 aliphatic heterocycles. The summed E-state index contributed by atoms with van der Waals surface area (Å²) in [4.78, 5) is 7.39. The van der Waals surface area contributed by atoms with Gasteiger partial charge in [-0.25, -0.2) is 18.1 Å². The smallest absolute Gasteiger partial charge is 0.428 e. The van der Waals surface area contributed by atoms with Crippen LogP contribution >= 0.6 is 0 Å². The zero-order valence-electron chi connectivity index (χ0n) is 13.2. The highest BCUT2D eigenvalue weighted by molar-refractivity contribution is 7.89. The van der Waals surface area contributed by atoms with Gasteiger partial charge in [0, 0.05) is 34.7 Å². The molecule has 1 fully saturated rings. The van der Waals surface area contributed by atoms with E-state index in [1.807, 2.05) is 12.3 Å². The number of sulfonamides is 1. The third kappa shape index (κ3) is 2.50. The van der Waals surface area contributed by atoms with Gasteiger partial charge in [0.2, 0.25) is 10.0 Å². The predicted octanol–water partition coefficient (Wildman–Crippen LogP) is -0.867. The average molecular weight is 347 g/mol. The largest absolute Gasteiger partial charge is 0.465 e. The summed E-state index contributed by atoms with van der Waals surface area (Å²) in [6.45, 7) is 0.